The van der Waals surface area contributed by atoms with Gasteiger partial charge in [0.2, 0.25) is 0 Å². The molecule has 0 saturated heterocycles. The predicted molar refractivity (Wildman–Crippen MR) is 171 cm³/mol. The number of hydroxylamine groups is 1. The van der Waals surface area contributed by atoms with E-state index in [-0.39, 0.29) is 18.9 Å². The van der Waals surface area contributed by atoms with E-state index in [2.05, 4.69) is 5.48 Å². The quantitative estimate of drug-likeness (QED) is 0.291. The molecule has 1 aliphatic carbocycles. The van der Waals surface area contributed by atoms with Crippen molar-refractivity contribution in [2.24, 2.45) is 0 Å². The number of hydrogen-bond donors (Lipinski definition) is 2. The number of fused-ring (bicyclic) bond motifs is 1. The summed E-state index contributed by atoms with van der Waals surface area (Å²) in [5.41, 5.74) is 5.35. The third-order valence-electron chi connectivity index (χ3n) is 8.25. The molecule has 1 fully saturated rings. The number of rotatable bonds is 10. The van der Waals surface area contributed by atoms with Crippen molar-refractivity contribution in [3.8, 4) is 0 Å². The minimum Gasteiger partial charge on any atom is -0.391 e. The van der Waals surface area contributed by atoms with Crippen molar-refractivity contribution >= 4 is 50.6 Å². The van der Waals surface area contributed by atoms with E-state index in [1.807, 2.05) is 0 Å². The lowest BCUT2D eigenvalue weighted by molar-refractivity contribution is -0.138. The van der Waals surface area contributed by atoms with Crippen molar-refractivity contribution in [2.45, 2.75) is 62.8 Å². The molecule has 2 amide bonds. The first-order valence-corrected chi connectivity index (χ1v) is 17.5. The lowest BCUT2D eigenvalue weighted by Gasteiger charge is -2.48. The predicted octanol–water partition coefficient (Wildman–Crippen LogP) is 4.98. The van der Waals surface area contributed by atoms with E-state index in [1.165, 1.54) is 0 Å². The summed E-state index contributed by atoms with van der Waals surface area (Å²) in [5.74, 6) is -2.61. The van der Waals surface area contributed by atoms with Crippen LogP contribution >= 0.6 is 23.2 Å². The Morgan fingerprint density at radius 3 is 2.36 bits per heavy atom. The first-order chi connectivity index (χ1) is 21.4. The maximum absolute atomic E-state index is 14.1. The SMILES string of the molecule is CS(=O)(=O)CC(=O)Cc1ccc(CONC(=O)[C@@H]2c3ccccc3C(=O)N([C@H]3CCCC[C@@H]3O)[C@H]2c2ccc(Cl)cc2Cl)cc1. The number of aliphatic hydroxyl groups is 1. The molecule has 0 spiro atoms. The molecule has 1 aliphatic heterocycles. The topological polar surface area (TPSA) is 130 Å². The van der Waals surface area contributed by atoms with Crippen LogP contribution in [-0.2, 0) is 37.3 Å². The third-order valence-corrected chi connectivity index (χ3v) is 9.66. The molecule has 0 unspecified atom stereocenters. The summed E-state index contributed by atoms with van der Waals surface area (Å²) in [6.45, 7) is 0.00796. The smallest absolute Gasteiger partial charge is 0.255 e. The Morgan fingerprint density at radius 1 is 0.978 bits per heavy atom. The van der Waals surface area contributed by atoms with E-state index in [1.54, 1.807) is 71.6 Å². The molecule has 9 nitrogen and oxygen atoms in total. The Morgan fingerprint density at radius 2 is 1.67 bits per heavy atom. The minimum atomic E-state index is -3.40. The van der Waals surface area contributed by atoms with Gasteiger partial charge in [0.05, 0.1) is 30.7 Å². The lowest BCUT2D eigenvalue weighted by atomic mass is 9.77. The Labute approximate surface area is 272 Å². The fourth-order valence-electron chi connectivity index (χ4n) is 6.27. The molecule has 0 aromatic heterocycles. The van der Waals surface area contributed by atoms with Crippen LogP contribution < -0.4 is 5.48 Å². The number of nitrogens with one attached hydrogen (secondary N) is 1. The summed E-state index contributed by atoms with van der Waals surface area (Å²) in [5, 5.41) is 11.8. The molecule has 5 rings (SSSR count). The van der Waals surface area contributed by atoms with Gasteiger partial charge in [-0.05, 0) is 53.3 Å². The number of benzene rings is 3. The van der Waals surface area contributed by atoms with Crippen molar-refractivity contribution in [3.05, 3.63) is 105 Å². The van der Waals surface area contributed by atoms with Crippen LogP contribution in [0, 0.1) is 0 Å². The van der Waals surface area contributed by atoms with Gasteiger partial charge in [-0.15, -0.1) is 0 Å². The third kappa shape index (κ3) is 7.76. The number of hydrogen-bond acceptors (Lipinski definition) is 7. The van der Waals surface area contributed by atoms with E-state index >= 15 is 0 Å². The molecule has 45 heavy (non-hydrogen) atoms. The van der Waals surface area contributed by atoms with Gasteiger partial charge in [0.15, 0.2) is 15.6 Å². The number of aliphatic hydroxyl groups excluding tert-OH is 1. The zero-order valence-corrected chi connectivity index (χ0v) is 26.9. The monoisotopic (exact) mass is 672 g/mol. The van der Waals surface area contributed by atoms with Crippen molar-refractivity contribution < 1.29 is 32.7 Å². The van der Waals surface area contributed by atoms with E-state index in [9.17, 15) is 27.9 Å². The van der Waals surface area contributed by atoms with Gasteiger partial charge in [-0.25, -0.2) is 13.9 Å². The van der Waals surface area contributed by atoms with Crippen LogP contribution in [0.4, 0.5) is 0 Å². The van der Waals surface area contributed by atoms with Gasteiger partial charge in [-0.2, -0.15) is 0 Å². The maximum Gasteiger partial charge on any atom is 0.255 e. The van der Waals surface area contributed by atoms with Gasteiger partial charge in [-0.1, -0.05) is 84.6 Å². The average molecular weight is 674 g/mol. The number of ketones is 1. The number of halogens is 2. The van der Waals surface area contributed by atoms with Crippen LogP contribution in [0.25, 0.3) is 0 Å². The van der Waals surface area contributed by atoms with Gasteiger partial charge in [0, 0.05) is 28.3 Å². The molecule has 1 saturated carbocycles. The van der Waals surface area contributed by atoms with Crippen molar-refractivity contribution in [2.75, 3.05) is 12.0 Å². The van der Waals surface area contributed by atoms with Crippen molar-refractivity contribution in [1.82, 2.24) is 10.4 Å². The van der Waals surface area contributed by atoms with E-state index in [0.29, 0.717) is 50.7 Å². The fourth-order valence-corrected chi connectivity index (χ4v) is 7.47. The number of amides is 2. The molecule has 12 heteroatoms. The molecule has 3 aromatic carbocycles. The molecule has 4 atom stereocenters. The van der Waals surface area contributed by atoms with E-state index in [0.717, 1.165) is 19.1 Å². The summed E-state index contributed by atoms with van der Waals surface area (Å²) in [4.78, 5) is 47.4. The van der Waals surface area contributed by atoms with E-state index in [4.69, 9.17) is 28.0 Å². The Hall–Kier alpha value is -3.28. The summed E-state index contributed by atoms with van der Waals surface area (Å²) >= 11 is 12.9. The number of carbonyl (C=O) groups is 3. The highest BCUT2D eigenvalue weighted by molar-refractivity contribution is 7.91. The van der Waals surface area contributed by atoms with Gasteiger partial charge in [0.25, 0.3) is 11.8 Å². The molecule has 238 valence electrons. The average Bonchev–Trinajstić information content (AvgIpc) is 2.98. The fraction of sp³-hybridized carbons (Fsp3) is 0.364. The zero-order valence-electron chi connectivity index (χ0n) is 24.6. The molecule has 1 heterocycles. The normalized spacial score (nSPS) is 21.7. The summed E-state index contributed by atoms with van der Waals surface area (Å²) < 4.78 is 22.8. The van der Waals surface area contributed by atoms with Crippen molar-refractivity contribution in [1.29, 1.82) is 0 Å². The molecular formula is C33H34Cl2N2O7S. The number of nitrogens with zero attached hydrogens (tertiary/aromatic N) is 1. The van der Waals surface area contributed by atoms with Gasteiger partial charge in [-0.3, -0.25) is 19.2 Å². The summed E-state index contributed by atoms with van der Waals surface area (Å²) in [7, 11) is -3.40. The minimum absolute atomic E-state index is 0.00796. The molecule has 0 radical (unpaired) electrons. The second-order valence-electron chi connectivity index (χ2n) is 11.7. The Kier molecular flexibility index (Phi) is 10.3. The first-order valence-electron chi connectivity index (χ1n) is 14.7. The summed E-state index contributed by atoms with van der Waals surface area (Å²) in [6, 6.07) is 17.4. The Bertz CT molecular complexity index is 1700. The van der Waals surface area contributed by atoms with Crippen LogP contribution in [0.3, 0.4) is 0 Å². The van der Waals surface area contributed by atoms with Gasteiger partial charge >= 0.3 is 0 Å². The standard InChI is InChI=1S/C33H34Cl2N2O7S/c1-45(42,43)19-23(38)16-20-10-12-21(13-11-20)18-44-36-32(40)30-24-6-2-3-7-25(24)33(41)37(28-8-4-5-9-29(28)39)31(30)26-15-14-22(34)17-27(26)35/h2-3,6-7,10-15,17,28-31,39H,4-5,8-9,16,18-19H2,1H3,(H,36,40)/t28-,29-,30+,31-/m0/s1. The second-order valence-corrected chi connectivity index (χ2v) is 14.6. The highest BCUT2D eigenvalue weighted by Crippen LogP contribution is 2.47. The molecule has 0 bridgehead atoms. The van der Waals surface area contributed by atoms with Gasteiger partial charge in [0.1, 0.15) is 5.75 Å². The number of sulfone groups is 1. The van der Waals surface area contributed by atoms with Crippen LogP contribution in [-0.4, -0.2) is 60.2 Å². The number of carbonyl (C=O) groups excluding carboxylic acids is 3. The van der Waals surface area contributed by atoms with Gasteiger partial charge < -0.3 is 10.0 Å². The number of Topliss-reactive ketones (excluding diaryl/α,β-unsaturated/α-hetero) is 1. The molecular weight excluding hydrogens is 639 g/mol. The van der Waals surface area contributed by atoms with E-state index < -0.39 is 51.4 Å². The van der Waals surface area contributed by atoms with Crippen LogP contribution in [0.2, 0.25) is 10.0 Å². The summed E-state index contributed by atoms with van der Waals surface area (Å²) in [6.07, 6.45) is 3.06. The van der Waals surface area contributed by atoms with Crippen LogP contribution in [0.5, 0.6) is 0 Å². The molecule has 2 aliphatic rings. The highest BCUT2D eigenvalue weighted by atomic mass is 35.5. The maximum atomic E-state index is 14.1. The zero-order chi connectivity index (χ0) is 32.3. The van der Waals surface area contributed by atoms with Crippen LogP contribution in [0.15, 0.2) is 66.7 Å². The first kappa shape index (κ1) is 33.1. The molecule has 2 N–H and O–H groups in total. The highest BCUT2D eigenvalue weighted by Gasteiger charge is 2.49. The molecule has 3 aromatic rings. The second kappa shape index (κ2) is 14.0. The largest absolute Gasteiger partial charge is 0.391 e. The Balaban J connectivity index is 1.40. The van der Waals surface area contributed by atoms with Crippen LogP contribution in [0.1, 0.15) is 70.3 Å². The van der Waals surface area contributed by atoms with Crippen molar-refractivity contribution in [3.63, 3.8) is 0 Å². The lowest BCUT2D eigenvalue weighted by Crippen LogP contribution is -2.55.